The van der Waals surface area contributed by atoms with Gasteiger partial charge in [-0.05, 0) is 49.3 Å². The molecule has 1 aromatic heterocycles. The third-order valence-electron chi connectivity index (χ3n) is 6.27. The number of aliphatic carboxylic acids is 2. The van der Waals surface area contributed by atoms with E-state index in [1.165, 1.54) is 11.8 Å². The first kappa shape index (κ1) is 33.1. The fourth-order valence-electron chi connectivity index (χ4n) is 4.04. The SMILES string of the molecule is CSCCC(NC(=O)C(CCC(N)=O)NC(=O)C(N)Cc1c[nH]c2ccccc12)C(=O)NC(CCC(=O)O)C(=O)O. The van der Waals surface area contributed by atoms with Crippen LogP contribution in [0.5, 0.6) is 0 Å². The third kappa shape index (κ3) is 10.8. The normalized spacial score (nSPS) is 13.9. The molecule has 1 heterocycles. The van der Waals surface area contributed by atoms with Gasteiger partial charge in [-0.1, -0.05) is 18.2 Å². The Morgan fingerprint density at radius 3 is 2.07 bits per heavy atom. The van der Waals surface area contributed by atoms with E-state index in [4.69, 9.17) is 16.6 Å². The minimum Gasteiger partial charge on any atom is -0.481 e. The second-order valence-electron chi connectivity index (χ2n) is 9.41. The Labute approximate surface area is 240 Å². The van der Waals surface area contributed by atoms with Crippen molar-refractivity contribution in [1.82, 2.24) is 20.9 Å². The molecule has 224 valence electrons. The Hall–Kier alpha value is -4.11. The van der Waals surface area contributed by atoms with Crippen molar-refractivity contribution < 1.29 is 39.0 Å². The van der Waals surface area contributed by atoms with Gasteiger partial charge in [0.25, 0.3) is 0 Å². The predicted octanol–water partition coefficient (Wildman–Crippen LogP) is -0.540. The maximum absolute atomic E-state index is 13.2. The van der Waals surface area contributed by atoms with Crippen molar-refractivity contribution in [2.75, 3.05) is 12.0 Å². The maximum Gasteiger partial charge on any atom is 0.326 e. The summed E-state index contributed by atoms with van der Waals surface area (Å²) in [6.07, 6.45) is 2.53. The monoisotopic (exact) mass is 592 g/mol. The van der Waals surface area contributed by atoms with Crippen molar-refractivity contribution in [1.29, 1.82) is 0 Å². The summed E-state index contributed by atoms with van der Waals surface area (Å²) in [6.45, 7) is 0. The average Bonchev–Trinajstić information content (AvgIpc) is 3.32. The number of carboxylic acids is 2. The van der Waals surface area contributed by atoms with Gasteiger partial charge in [-0.15, -0.1) is 0 Å². The number of amides is 4. The van der Waals surface area contributed by atoms with Crippen LogP contribution in [-0.4, -0.2) is 86.9 Å². The third-order valence-corrected chi connectivity index (χ3v) is 6.91. The van der Waals surface area contributed by atoms with Crippen molar-refractivity contribution in [3.8, 4) is 0 Å². The van der Waals surface area contributed by atoms with E-state index in [2.05, 4.69) is 20.9 Å². The topological polar surface area (TPSA) is 247 Å². The average molecular weight is 593 g/mol. The van der Waals surface area contributed by atoms with Crippen LogP contribution < -0.4 is 27.4 Å². The Kier molecular flexibility index (Phi) is 13.1. The van der Waals surface area contributed by atoms with Crippen molar-refractivity contribution in [2.45, 2.75) is 62.7 Å². The molecule has 0 aliphatic carbocycles. The highest BCUT2D eigenvalue weighted by molar-refractivity contribution is 7.98. The van der Waals surface area contributed by atoms with E-state index in [9.17, 15) is 33.9 Å². The fraction of sp³-hybridized carbons (Fsp3) is 0.462. The van der Waals surface area contributed by atoms with Crippen molar-refractivity contribution >= 4 is 58.2 Å². The minimum atomic E-state index is -1.49. The van der Waals surface area contributed by atoms with Crippen molar-refractivity contribution in [2.24, 2.45) is 11.5 Å². The first-order valence-corrected chi connectivity index (χ1v) is 14.3. The van der Waals surface area contributed by atoms with Crippen LogP contribution in [0.15, 0.2) is 30.5 Å². The summed E-state index contributed by atoms with van der Waals surface area (Å²) in [5.41, 5.74) is 13.1. The Morgan fingerprint density at radius 1 is 0.878 bits per heavy atom. The molecule has 0 spiro atoms. The lowest BCUT2D eigenvalue weighted by atomic mass is 10.0. The van der Waals surface area contributed by atoms with Gasteiger partial charge in [-0.25, -0.2) is 4.79 Å². The summed E-state index contributed by atoms with van der Waals surface area (Å²) in [7, 11) is 0. The van der Waals surface area contributed by atoms with Gasteiger partial charge in [0.15, 0.2) is 0 Å². The molecule has 10 N–H and O–H groups in total. The molecule has 1 aromatic carbocycles. The fourth-order valence-corrected chi connectivity index (χ4v) is 4.51. The number of fused-ring (bicyclic) bond motifs is 1. The number of aromatic nitrogens is 1. The van der Waals surface area contributed by atoms with Crippen LogP contribution in [0.2, 0.25) is 0 Å². The van der Waals surface area contributed by atoms with Gasteiger partial charge >= 0.3 is 11.9 Å². The minimum absolute atomic E-state index is 0.112. The van der Waals surface area contributed by atoms with Crippen molar-refractivity contribution in [3.63, 3.8) is 0 Å². The lowest BCUT2D eigenvalue weighted by Gasteiger charge is -2.25. The van der Waals surface area contributed by atoms with E-state index in [1.54, 1.807) is 12.5 Å². The predicted molar refractivity (Wildman–Crippen MR) is 152 cm³/mol. The van der Waals surface area contributed by atoms with Gasteiger partial charge in [0, 0.05) is 29.9 Å². The largest absolute Gasteiger partial charge is 0.481 e. The number of rotatable bonds is 18. The molecular weight excluding hydrogens is 556 g/mol. The van der Waals surface area contributed by atoms with Crippen LogP contribution in [0.3, 0.4) is 0 Å². The molecule has 0 radical (unpaired) electrons. The number of thioether (sulfide) groups is 1. The smallest absolute Gasteiger partial charge is 0.326 e. The molecule has 41 heavy (non-hydrogen) atoms. The molecule has 4 unspecified atom stereocenters. The summed E-state index contributed by atoms with van der Waals surface area (Å²) in [5.74, 6) is -5.24. The Morgan fingerprint density at radius 2 is 1.46 bits per heavy atom. The highest BCUT2D eigenvalue weighted by Crippen LogP contribution is 2.19. The number of nitrogens with one attached hydrogen (secondary N) is 4. The molecule has 0 saturated carbocycles. The van der Waals surface area contributed by atoms with Gasteiger partial charge in [-0.2, -0.15) is 11.8 Å². The number of nitrogens with two attached hydrogens (primary N) is 2. The lowest BCUT2D eigenvalue weighted by molar-refractivity contribution is -0.143. The molecule has 2 aromatic rings. The maximum atomic E-state index is 13.2. The molecule has 2 rings (SSSR count). The van der Waals surface area contributed by atoms with Crippen LogP contribution >= 0.6 is 11.8 Å². The highest BCUT2D eigenvalue weighted by atomic mass is 32.2. The molecule has 0 aliphatic rings. The molecular formula is C26H36N6O8S. The molecule has 4 atom stereocenters. The van der Waals surface area contributed by atoms with Gasteiger partial charge < -0.3 is 42.6 Å². The number of hydrogen-bond acceptors (Lipinski definition) is 8. The number of H-pyrrole nitrogens is 1. The summed E-state index contributed by atoms with van der Waals surface area (Å²) in [4.78, 5) is 76.0. The number of carbonyl (C=O) groups is 6. The van der Waals surface area contributed by atoms with E-state index in [0.717, 1.165) is 16.5 Å². The van der Waals surface area contributed by atoms with E-state index in [1.807, 2.05) is 24.3 Å². The van der Waals surface area contributed by atoms with Gasteiger partial charge in [0.05, 0.1) is 6.04 Å². The quantitative estimate of drug-likeness (QED) is 0.110. The molecule has 0 fully saturated rings. The number of carboxylic acid groups (broad SMARTS) is 2. The number of para-hydroxylation sites is 1. The van der Waals surface area contributed by atoms with E-state index in [-0.39, 0.29) is 32.1 Å². The zero-order valence-corrected chi connectivity index (χ0v) is 23.4. The van der Waals surface area contributed by atoms with Crippen LogP contribution in [0.4, 0.5) is 0 Å². The summed E-state index contributed by atoms with van der Waals surface area (Å²) >= 11 is 1.38. The number of primary amides is 1. The van der Waals surface area contributed by atoms with Crippen LogP contribution in [0.25, 0.3) is 10.9 Å². The molecule has 14 nitrogen and oxygen atoms in total. The first-order chi connectivity index (χ1) is 19.4. The van der Waals surface area contributed by atoms with Crippen LogP contribution in [0.1, 0.15) is 37.7 Å². The molecule has 0 aliphatic heterocycles. The second kappa shape index (κ2) is 16.2. The lowest BCUT2D eigenvalue weighted by Crippen LogP contribution is -2.57. The number of benzene rings is 1. The van der Waals surface area contributed by atoms with Gasteiger partial charge in [-0.3, -0.25) is 24.0 Å². The molecule has 4 amide bonds. The highest BCUT2D eigenvalue weighted by Gasteiger charge is 2.30. The summed E-state index contributed by atoms with van der Waals surface area (Å²) in [6, 6.07) is 2.48. The van der Waals surface area contributed by atoms with Crippen LogP contribution in [-0.2, 0) is 35.2 Å². The van der Waals surface area contributed by atoms with Gasteiger partial charge in [0.2, 0.25) is 23.6 Å². The van der Waals surface area contributed by atoms with Crippen molar-refractivity contribution in [3.05, 3.63) is 36.0 Å². The summed E-state index contributed by atoms with van der Waals surface area (Å²) < 4.78 is 0. The Bertz CT molecular complexity index is 1250. The molecule has 0 saturated heterocycles. The van der Waals surface area contributed by atoms with Gasteiger partial charge in [0.1, 0.15) is 18.1 Å². The van der Waals surface area contributed by atoms with E-state index in [0.29, 0.717) is 5.75 Å². The summed E-state index contributed by atoms with van der Waals surface area (Å²) in [5, 5.41) is 26.4. The zero-order chi connectivity index (χ0) is 30.5. The number of hydrogen-bond donors (Lipinski definition) is 8. The number of carbonyl (C=O) groups excluding carboxylic acids is 4. The molecule has 15 heteroatoms. The first-order valence-electron chi connectivity index (χ1n) is 12.9. The van der Waals surface area contributed by atoms with E-state index >= 15 is 0 Å². The zero-order valence-electron chi connectivity index (χ0n) is 22.6. The Balaban J connectivity index is 2.14. The second-order valence-corrected chi connectivity index (χ2v) is 10.4. The molecule has 0 bridgehead atoms. The standard InChI is InChI=1S/C26H36N6O8S/c1-41-11-10-19(25(38)32-20(26(39)40)7-9-22(34)35)31-24(37)18(6-8-21(28)33)30-23(36)16(27)12-14-13-29-17-5-3-2-4-15(14)17/h2-5,13,16,18-20,29H,6-12,27H2,1H3,(H2,28,33)(H,30,36)(H,31,37)(H,32,38)(H,34,35)(H,39,40). The van der Waals surface area contributed by atoms with Crippen LogP contribution in [0, 0.1) is 0 Å². The van der Waals surface area contributed by atoms with E-state index < -0.39 is 66.2 Å². The number of aromatic amines is 1.